The number of H-pyrrole nitrogens is 1. The number of aromatic nitrogens is 2. The van der Waals surface area contributed by atoms with Crippen molar-refractivity contribution in [3.63, 3.8) is 0 Å². The summed E-state index contributed by atoms with van der Waals surface area (Å²) in [7, 11) is 0. The van der Waals surface area contributed by atoms with Gasteiger partial charge in [-0.15, -0.1) is 23.2 Å². The Kier molecular flexibility index (Phi) is 3.95. The first-order valence-electron chi connectivity index (χ1n) is 7.67. The van der Waals surface area contributed by atoms with E-state index in [0.29, 0.717) is 18.2 Å². The van der Waals surface area contributed by atoms with Crippen LogP contribution in [-0.4, -0.2) is 20.4 Å². The average Bonchev–Trinajstić information content (AvgIpc) is 2.82. The first-order chi connectivity index (χ1) is 9.92. The average molecular weight is 330 g/mol. The molecule has 0 saturated heterocycles. The van der Waals surface area contributed by atoms with Crippen LogP contribution in [0.3, 0.4) is 0 Å². The van der Waals surface area contributed by atoms with Gasteiger partial charge in [0.25, 0.3) is 0 Å². The van der Waals surface area contributed by atoms with Gasteiger partial charge >= 0.3 is 0 Å². The van der Waals surface area contributed by atoms with Gasteiger partial charge in [-0.05, 0) is 26.2 Å². The molecule has 1 unspecified atom stereocenters. The topological polar surface area (TPSA) is 57.8 Å². The molecule has 0 spiro atoms. The standard InChI is InChI=1S/C15H21Cl2N3O/c1-14(9-15(14,16)17)13(21)18-12-8-11(19-20-12)10-6-4-2-3-5-7-10/h8,10H,2-7,9H2,1H3,(H2,18,19,20,21). The maximum absolute atomic E-state index is 12.2. The highest BCUT2D eigenvalue weighted by Gasteiger charge is 2.68. The monoisotopic (exact) mass is 329 g/mol. The molecule has 0 aliphatic heterocycles. The maximum Gasteiger partial charge on any atom is 0.234 e. The van der Waals surface area contributed by atoms with Crippen LogP contribution in [0, 0.1) is 5.41 Å². The Hall–Kier alpha value is -0.740. The molecule has 2 saturated carbocycles. The van der Waals surface area contributed by atoms with Crippen molar-refractivity contribution in [2.24, 2.45) is 5.41 Å². The van der Waals surface area contributed by atoms with Crippen molar-refractivity contribution in [3.05, 3.63) is 11.8 Å². The molecule has 2 fully saturated rings. The zero-order valence-corrected chi connectivity index (χ0v) is 13.7. The molecule has 6 heteroatoms. The molecule has 2 aliphatic carbocycles. The Morgan fingerprint density at radius 1 is 1.33 bits per heavy atom. The van der Waals surface area contributed by atoms with E-state index in [4.69, 9.17) is 23.2 Å². The number of carbonyl (C=O) groups is 1. The summed E-state index contributed by atoms with van der Waals surface area (Å²) in [5.41, 5.74) is 0.411. The molecule has 1 aromatic rings. The van der Waals surface area contributed by atoms with Crippen LogP contribution >= 0.6 is 23.2 Å². The summed E-state index contributed by atoms with van der Waals surface area (Å²) >= 11 is 12.1. The van der Waals surface area contributed by atoms with Crippen molar-refractivity contribution in [3.8, 4) is 0 Å². The quantitative estimate of drug-likeness (QED) is 0.639. The Balaban J connectivity index is 1.64. The van der Waals surface area contributed by atoms with Crippen molar-refractivity contribution in [1.29, 1.82) is 0 Å². The number of alkyl halides is 2. The van der Waals surface area contributed by atoms with Gasteiger partial charge in [0.05, 0.1) is 5.41 Å². The lowest BCUT2D eigenvalue weighted by molar-refractivity contribution is -0.120. The van der Waals surface area contributed by atoms with Gasteiger partial charge in [-0.25, -0.2) is 0 Å². The third-order valence-corrected chi connectivity index (χ3v) is 5.99. The van der Waals surface area contributed by atoms with Crippen LogP contribution in [0.5, 0.6) is 0 Å². The second-order valence-electron chi connectivity index (χ2n) is 6.56. The summed E-state index contributed by atoms with van der Waals surface area (Å²) in [5.74, 6) is 0.935. The number of nitrogens with zero attached hydrogens (tertiary/aromatic N) is 1. The largest absolute Gasteiger partial charge is 0.309 e. The van der Waals surface area contributed by atoms with Gasteiger partial charge in [-0.3, -0.25) is 9.89 Å². The predicted octanol–water partition coefficient (Wildman–Crippen LogP) is 4.37. The second-order valence-corrected chi connectivity index (χ2v) is 8.05. The lowest BCUT2D eigenvalue weighted by Crippen LogP contribution is -2.26. The fourth-order valence-electron chi connectivity index (χ4n) is 3.10. The van der Waals surface area contributed by atoms with Gasteiger partial charge < -0.3 is 5.32 Å². The number of halogens is 2. The van der Waals surface area contributed by atoms with Crippen LogP contribution in [0.1, 0.15) is 63.5 Å². The fourth-order valence-corrected chi connectivity index (χ4v) is 3.81. The summed E-state index contributed by atoms with van der Waals surface area (Å²) < 4.78 is -0.947. The van der Waals surface area contributed by atoms with E-state index in [2.05, 4.69) is 15.5 Å². The van der Waals surface area contributed by atoms with Crippen LogP contribution in [0.2, 0.25) is 0 Å². The summed E-state index contributed by atoms with van der Waals surface area (Å²) in [6, 6.07) is 1.95. The smallest absolute Gasteiger partial charge is 0.234 e. The molecular formula is C15H21Cl2N3O. The minimum absolute atomic E-state index is 0.161. The van der Waals surface area contributed by atoms with Crippen molar-refractivity contribution in [2.45, 2.75) is 62.1 Å². The van der Waals surface area contributed by atoms with Crippen LogP contribution in [0.25, 0.3) is 0 Å². The van der Waals surface area contributed by atoms with Crippen molar-refractivity contribution in [2.75, 3.05) is 5.32 Å². The van der Waals surface area contributed by atoms with E-state index in [-0.39, 0.29) is 5.91 Å². The zero-order valence-electron chi connectivity index (χ0n) is 12.2. The van der Waals surface area contributed by atoms with Crippen molar-refractivity contribution >= 4 is 34.9 Å². The van der Waals surface area contributed by atoms with Crippen LogP contribution in [0.4, 0.5) is 5.82 Å². The molecule has 2 aliphatic rings. The summed E-state index contributed by atoms with van der Waals surface area (Å²) in [6.45, 7) is 1.78. The van der Waals surface area contributed by atoms with Gasteiger partial charge in [-0.2, -0.15) is 5.10 Å². The van der Waals surface area contributed by atoms with E-state index >= 15 is 0 Å². The summed E-state index contributed by atoms with van der Waals surface area (Å²) in [5, 5.41) is 10.1. The molecule has 4 nitrogen and oxygen atoms in total. The molecule has 3 rings (SSSR count). The molecule has 1 atom stereocenters. The van der Waals surface area contributed by atoms with E-state index in [0.717, 1.165) is 5.69 Å². The highest BCUT2D eigenvalue weighted by molar-refractivity contribution is 6.53. The minimum atomic E-state index is -0.947. The molecule has 1 aromatic heterocycles. The normalized spacial score (nSPS) is 28.9. The van der Waals surface area contributed by atoms with Gasteiger partial charge in [0, 0.05) is 17.7 Å². The van der Waals surface area contributed by atoms with E-state index in [9.17, 15) is 4.79 Å². The number of rotatable bonds is 3. The number of nitrogens with one attached hydrogen (secondary N) is 2. The molecule has 1 amide bonds. The fraction of sp³-hybridized carbons (Fsp3) is 0.733. The highest BCUT2D eigenvalue weighted by Crippen LogP contribution is 2.64. The lowest BCUT2D eigenvalue weighted by Gasteiger charge is -2.11. The maximum atomic E-state index is 12.2. The molecule has 116 valence electrons. The molecule has 0 radical (unpaired) electrons. The van der Waals surface area contributed by atoms with Crippen molar-refractivity contribution in [1.82, 2.24) is 10.2 Å². The number of hydrogen-bond acceptors (Lipinski definition) is 2. The highest BCUT2D eigenvalue weighted by atomic mass is 35.5. The first-order valence-corrected chi connectivity index (χ1v) is 8.42. The first kappa shape index (κ1) is 15.2. The minimum Gasteiger partial charge on any atom is -0.309 e. The number of anilines is 1. The van der Waals surface area contributed by atoms with Crippen LogP contribution in [0.15, 0.2) is 6.07 Å². The number of carbonyl (C=O) groups excluding carboxylic acids is 1. The SMILES string of the molecule is CC1(C(=O)Nc2cc(C3CCCCCC3)[nH]n2)CC1(Cl)Cl. The Bertz CT molecular complexity index is 535. The van der Waals surface area contributed by atoms with E-state index in [1.807, 2.05) is 6.07 Å². The third-order valence-electron chi connectivity index (χ3n) is 4.89. The van der Waals surface area contributed by atoms with E-state index in [1.165, 1.54) is 38.5 Å². The number of amides is 1. The lowest BCUT2D eigenvalue weighted by atomic mass is 9.97. The molecule has 0 bridgehead atoms. The molecule has 2 N–H and O–H groups in total. The van der Waals surface area contributed by atoms with E-state index in [1.54, 1.807) is 6.92 Å². The van der Waals surface area contributed by atoms with Crippen molar-refractivity contribution < 1.29 is 4.79 Å². The predicted molar refractivity (Wildman–Crippen MR) is 84.8 cm³/mol. The molecular weight excluding hydrogens is 309 g/mol. The van der Waals surface area contributed by atoms with Gasteiger partial charge in [0.2, 0.25) is 5.91 Å². The molecule has 21 heavy (non-hydrogen) atoms. The van der Waals surface area contributed by atoms with Gasteiger partial charge in [0.1, 0.15) is 4.33 Å². The Morgan fingerprint density at radius 3 is 2.52 bits per heavy atom. The van der Waals surface area contributed by atoms with Gasteiger partial charge in [0.15, 0.2) is 5.82 Å². The second kappa shape index (κ2) is 5.47. The van der Waals surface area contributed by atoms with Crippen LogP contribution < -0.4 is 5.32 Å². The number of aromatic amines is 1. The third kappa shape index (κ3) is 2.93. The molecule has 0 aromatic carbocycles. The van der Waals surface area contributed by atoms with Gasteiger partial charge in [-0.1, -0.05) is 25.7 Å². The molecule has 1 heterocycles. The summed E-state index contributed by atoms with van der Waals surface area (Å²) in [4.78, 5) is 12.2. The van der Waals surface area contributed by atoms with Crippen LogP contribution in [-0.2, 0) is 4.79 Å². The number of hydrogen-bond donors (Lipinski definition) is 2. The Labute approximate surface area is 135 Å². The summed E-state index contributed by atoms with van der Waals surface area (Å²) in [6.07, 6.45) is 8.05. The zero-order chi connectivity index (χ0) is 15.1. The van der Waals surface area contributed by atoms with E-state index < -0.39 is 9.75 Å². The Morgan fingerprint density at radius 2 is 1.95 bits per heavy atom.